The summed E-state index contributed by atoms with van der Waals surface area (Å²) < 4.78 is 0. The smallest absolute Gasteiger partial charge is 0.269 e. The lowest BCUT2D eigenvalue weighted by Crippen LogP contribution is -2.33. The van der Waals surface area contributed by atoms with Crippen LogP contribution in [0.4, 0.5) is 17.3 Å². The molecule has 1 aliphatic rings. The van der Waals surface area contributed by atoms with Crippen molar-refractivity contribution in [2.24, 2.45) is 0 Å². The molecule has 120 valence electrons. The van der Waals surface area contributed by atoms with Crippen LogP contribution in [0.3, 0.4) is 0 Å². The van der Waals surface area contributed by atoms with Crippen LogP contribution in [0.1, 0.15) is 29.6 Å². The molecule has 1 saturated heterocycles. The standard InChI is InChI=1S/C16H20N6O/c17-13-14(20-21-16(23)12-7-3-1-4-8-12)18-11-19-15(13)22-9-5-2-6-10-22/h1,3-4,7-8,11H,2,5-6,9-10,17H2,(H,21,23)(H,18,19,20). The Balaban J connectivity index is 1.69. The second-order valence-corrected chi connectivity index (χ2v) is 5.45. The zero-order valence-electron chi connectivity index (χ0n) is 12.8. The van der Waals surface area contributed by atoms with E-state index in [0.29, 0.717) is 17.1 Å². The predicted octanol–water partition coefficient (Wildman–Crippen LogP) is 1.81. The first-order chi connectivity index (χ1) is 11.3. The van der Waals surface area contributed by atoms with Gasteiger partial charge in [-0.1, -0.05) is 18.2 Å². The number of hydrogen-bond acceptors (Lipinski definition) is 6. The molecular weight excluding hydrogens is 292 g/mol. The summed E-state index contributed by atoms with van der Waals surface area (Å²) in [6.45, 7) is 1.88. The molecule has 0 spiro atoms. The highest BCUT2D eigenvalue weighted by Gasteiger charge is 2.17. The maximum absolute atomic E-state index is 12.0. The quantitative estimate of drug-likeness (QED) is 0.745. The molecule has 1 fully saturated rings. The van der Waals surface area contributed by atoms with Gasteiger partial charge in [0.05, 0.1) is 0 Å². The molecular formula is C16H20N6O. The second-order valence-electron chi connectivity index (χ2n) is 5.45. The van der Waals surface area contributed by atoms with Crippen LogP contribution in [0.5, 0.6) is 0 Å². The maximum atomic E-state index is 12.0. The Morgan fingerprint density at radius 1 is 1.09 bits per heavy atom. The minimum absolute atomic E-state index is 0.247. The lowest BCUT2D eigenvalue weighted by Gasteiger charge is -2.28. The Morgan fingerprint density at radius 2 is 1.83 bits per heavy atom. The van der Waals surface area contributed by atoms with Gasteiger partial charge in [-0.15, -0.1) is 0 Å². The number of carbonyl (C=O) groups excluding carboxylic acids is 1. The zero-order valence-corrected chi connectivity index (χ0v) is 12.8. The molecule has 0 unspecified atom stereocenters. The number of rotatable bonds is 4. The highest BCUT2D eigenvalue weighted by Crippen LogP contribution is 2.27. The van der Waals surface area contributed by atoms with Crippen LogP contribution in [-0.2, 0) is 0 Å². The molecule has 0 radical (unpaired) electrons. The molecule has 0 aliphatic carbocycles. The summed E-state index contributed by atoms with van der Waals surface area (Å²) in [5.41, 5.74) is 12.6. The number of nitrogens with one attached hydrogen (secondary N) is 2. The van der Waals surface area contributed by atoms with Crippen LogP contribution in [0, 0.1) is 0 Å². The predicted molar refractivity (Wildman–Crippen MR) is 90.0 cm³/mol. The van der Waals surface area contributed by atoms with Crippen LogP contribution in [0.15, 0.2) is 36.7 Å². The number of aromatic nitrogens is 2. The average Bonchev–Trinajstić information content (AvgIpc) is 2.62. The Kier molecular flexibility index (Phi) is 4.56. The Hall–Kier alpha value is -2.83. The van der Waals surface area contributed by atoms with E-state index in [0.717, 1.165) is 31.7 Å². The summed E-state index contributed by atoms with van der Waals surface area (Å²) in [6, 6.07) is 8.95. The number of nitrogens with zero attached hydrogens (tertiary/aromatic N) is 3. The molecule has 1 aromatic carbocycles. The monoisotopic (exact) mass is 312 g/mol. The Morgan fingerprint density at radius 3 is 2.57 bits per heavy atom. The van der Waals surface area contributed by atoms with Gasteiger partial charge in [0.15, 0.2) is 11.6 Å². The van der Waals surface area contributed by atoms with Crippen molar-refractivity contribution in [1.29, 1.82) is 0 Å². The van der Waals surface area contributed by atoms with Gasteiger partial charge < -0.3 is 10.6 Å². The van der Waals surface area contributed by atoms with E-state index in [1.165, 1.54) is 12.7 Å². The fourth-order valence-electron chi connectivity index (χ4n) is 2.62. The third-order valence-electron chi connectivity index (χ3n) is 3.85. The van der Waals surface area contributed by atoms with E-state index in [1.54, 1.807) is 12.1 Å². The van der Waals surface area contributed by atoms with Crippen LogP contribution in [0.25, 0.3) is 0 Å². The average molecular weight is 312 g/mol. The number of hydrazine groups is 1. The van der Waals surface area contributed by atoms with Crippen molar-refractivity contribution >= 4 is 23.2 Å². The summed E-state index contributed by atoms with van der Waals surface area (Å²) in [7, 11) is 0. The summed E-state index contributed by atoms with van der Waals surface area (Å²) in [4.78, 5) is 22.6. The van der Waals surface area contributed by atoms with Crippen molar-refractivity contribution in [3.8, 4) is 0 Å². The molecule has 1 amide bonds. The SMILES string of the molecule is Nc1c(NNC(=O)c2ccccc2)ncnc1N1CCCCC1. The molecule has 2 aromatic rings. The maximum Gasteiger partial charge on any atom is 0.269 e. The topological polar surface area (TPSA) is 96.2 Å². The molecule has 0 bridgehead atoms. The van der Waals surface area contributed by atoms with Gasteiger partial charge in [-0.3, -0.25) is 15.6 Å². The van der Waals surface area contributed by atoms with Crippen LogP contribution in [0.2, 0.25) is 0 Å². The third-order valence-corrected chi connectivity index (χ3v) is 3.85. The number of anilines is 3. The van der Waals surface area contributed by atoms with Crippen LogP contribution < -0.4 is 21.5 Å². The molecule has 23 heavy (non-hydrogen) atoms. The van der Waals surface area contributed by atoms with E-state index in [4.69, 9.17) is 5.73 Å². The van der Waals surface area contributed by atoms with Gasteiger partial charge >= 0.3 is 0 Å². The first-order valence-corrected chi connectivity index (χ1v) is 7.72. The fraction of sp³-hybridized carbons (Fsp3) is 0.312. The molecule has 1 aromatic heterocycles. The molecule has 3 rings (SSSR count). The van der Waals surface area contributed by atoms with E-state index < -0.39 is 0 Å². The summed E-state index contributed by atoms with van der Waals surface area (Å²) in [5, 5.41) is 0. The van der Waals surface area contributed by atoms with Gasteiger partial charge in [0.1, 0.15) is 12.0 Å². The molecule has 0 atom stereocenters. The number of hydrogen-bond donors (Lipinski definition) is 3. The number of piperidine rings is 1. The fourth-order valence-corrected chi connectivity index (χ4v) is 2.62. The lowest BCUT2D eigenvalue weighted by molar-refractivity contribution is 0.0962. The van der Waals surface area contributed by atoms with E-state index in [2.05, 4.69) is 25.7 Å². The summed E-state index contributed by atoms with van der Waals surface area (Å²) in [5.74, 6) is 0.879. The lowest BCUT2D eigenvalue weighted by atomic mass is 10.1. The van der Waals surface area contributed by atoms with Crippen molar-refractivity contribution in [3.05, 3.63) is 42.2 Å². The normalized spacial score (nSPS) is 14.3. The van der Waals surface area contributed by atoms with Gasteiger partial charge in [0.2, 0.25) is 0 Å². The minimum Gasteiger partial charge on any atom is -0.393 e. The molecule has 1 aliphatic heterocycles. The molecule has 2 heterocycles. The molecule has 7 nitrogen and oxygen atoms in total. The highest BCUT2D eigenvalue weighted by molar-refractivity contribution is 5.95. The Labute approximate surface area is 134 Å². The van der Waals surface area contributed by atoms with Gasteiger partial charge in [-0.2, -0.15) is 0 Å². The van der Waals surface area contributed by atoms with Gasteiger partial charge in [-0.05, 0) is 31.4 Å². The van der Waals surface area contributed by atoms with Crippen LogP contribution >= 0.6 is 0 Å². The minimum atomic E-state index is -0.247. The molecule has 0 saturated carbocycles. The van der Waals surface area contributed by atoms with Gasteiger partial charge in [-0.25, -0.2) is 9.97 Å². The first-order valence-electron chi connectivity index (χ1n) is 7.72. The third kappa shape index (κ3) is 3.50. The number of nitrogens with two attached hydrogens (primary N) is 1. The largest absolute Gasteiger partial charge is 0.393 e. The molecule has 4 N–H and O–H groups in total. The van der Waals surface area contributed by atoms with Crippen molar-refractivity contribution in [2.75, 3.05) is 29.1 Å². The highest BCUT2D eigenvalue weighted by atomic mass is 16.2. The Bertz CT molecular complexity index is 670. The molecule has 7 heteroatoms. The van der Waals surface area contributed by atoms with Crippen LogP contribution in [-0.4, -0.2) is 29.0 Å². The van der Waals surface area contributed by atoms with E-state index in [9.17, 15) is 4.79 Å². The number of amides is 1. The van der Waals surface area contributed by atoms with E-state index in [1.807, 2.05) is 18.2 Å². The summed E-state index contributed by atoms with van der Waals surface area (Å²) >= 11 is 0. The van der Waals surface area contributed by atoms with E-state index in [-0.39, 0.29) is 5.91 Å². The number of carbonyl (C=O) groups is 1. The second kappa shape index (κ2) is 6.95. The van der Waals surface area contributed by atoms with E-state index >= 15 is 0 Å². The number of benzene rings is 1. The van der Waals surface area contributed by atoms with Crippen molar-refractivity contribution in [1.82, 2.24) is 15.4 Å². The number of nitrogen functional groups attached to an aromatic ring is 1. The summed E-state index contributed by atoms with van der Waals surface area (Å²) in [6.07, 6.45) is 4.96. The zero-order chi connectivity index (χ0) is 16.1. The van der Waals surface area contributed by atoms with Crippen molar-refractivity contribution in [2.45, 2.75) is 19.3 Å². The van der Waals surface area contributed by atoms with Crippen molar-refractivity contribution in [3.63, 3.8) is 0 Å². The first kappa shape index (κ1) is 15.1. The van der Waals surface area contributed by atoms with Gasteiger partial charge in [0, 0.05) is 18.7 Å². The van der Waals surface area contributed by atoms with Crippen molar-refractivity contribution < 1.29 is 4.79 Å². The van der Waals surface area contributed by atoms with Gasteiger partial charge in [0.25, 0.3) is 5.91 Å².